The molecular weight excluding hydrogens is 328 g/mol. The van der Waals surface area contributed by atoms with Gasteiger partial charge in [0.2, 0.25) is 5.91 Å². The van der Waals surface area contributed by atoms with Crippen molar-refractivity contribution in [2.45, 2.75) is 50.9 Å². The van der Waals surface area contributed by atoms with E-state index in [9.17, 15) is 4.79 Å². The quantitative estimate of drug-likeness (QED) is 0.760. The third-order valence-corrected chi connectivity index (χ3v) is 4.88. The van der Waals surface area contributed by atoms with Crippen molar-refractivity contribution in [3.05, 3.63) is 53.9 Å². The Balaban J connectivity index is 1.73. The Morgan fingerprint density at radius 1 is 1.38 bits per heavy atom. The second-order valence-electron chi connectivity index (χ2n) is 6.83. The topological polar surface area (TPSA) is 68.2 Å². The highest BCUT2D eigenvalue weighted by Crippen LogP contribution is 2.25. The van der Waals surface area contributed by atoms with Crippen LogP contribution in [0.2, 0.25) is 0 Å². The summed E-state index contributed by atoms with van der Waals surface area (Å²) in [6.45, 7) is 3.50. The Hall–Kier alpha value is -2.18. The van der Waals surface area contributed by atoms with E-state index < -0.39 is 0 Å². The molecule has 2 aromatic rings. The second kappa shape index (κ2) is 8.96. The van der Waals surface area contributed by atoms with E-state index in [0.717, 1.165) is 24.9 Å². The van der Waals surface area contributed by atoms with Crippen LogP contribution in [0.15, 0.2) is 42.7 Å². The molecule has 2 heterocycles. The molecule has 1 fully saturated rings. The van der Waals surface area contributed by atoms with Crippen LogP contribution in [-0.4, -0.2) is 41.5 Å². The van der Waals surface area contributed by atoms with Gasteiger partial charge in [0.1, 0.15) is 0 Å². The maximum Gasteiger partial charge on any atom is 0.220 e. The average molecular weight is 356 g/mol. The van der Waals surface area contributed by atoms with Crippen LogP contribution in [0.5, 0.6) is 0 Å². The van der Waals surface area contributed by atoms with E-state index >= 15 is 0 Å². The van der Waals surface area contributed by atoms with Crippen molar-refractivity contribution >= 4 is 5.91 Å². The summed E-state index contributed by atoms with van der Waals surface area (Å²) in [5.74, 6) is 0.101. The first-order valence-electron chi connectivity index (χ1n) is 9.30. The first-order valence-corrected chi connectivity index (χ1v) is 9.30. The number of aryl methyl sites for hydroxylation is 1. The van der Waals surface area contributed by atoms with Gasteiger partial charge < -0.3 is 15.4 Å². The molecule has 0 spiro atoms. The second-order valence-corrected chi connectivity index (χ2v) is 6.83. The van der Waals surface area contributed by atoms with Gasteiger partial charge in [-0.05, 0) is 25.3 Å². The van der Waals surface area contributed by atoms with Gasteiger partial charge in [0.05, 0.1) is 18.8 Å². The molecule has 2 N–H and O–H groups in total. The van der Waals surface area contributed by atoms with Crippen LogP contribution in [0.4, 0.5) is 0 Å². The lowest BCUT2D eigenvalue weighted by atomic mass is 9.92. The molecule has 140 valence electrons. The first-order chi connectivity index (χ1) is 12.7. The summed E-state index contributed by atoms with van der Waals surface area (Å²) < 4.78 is 7.33. The molecule has 1 aliphatic rings. The molecule has 0 radical (unpaired) electrons. The Morgan fingerprint density at radius 2 is 2.19 bits per heavy atom. The van der Waals surface area contributed by atoms with Crippen LogP contribution in [0.3, 0.4) is 0 Å². The third kappa shape index (κ3) is 4.71. The van der Waals surface area contributed by atoms with Crippen molar-refractivity contribution in [3.63, 3.8) is 0 Å². The largest absolute Gasteiger partial charge is 0.383 e. The number of nitrogens with one attached hydrogen (secondary N) is 2. The number of ether oxygens (including phenoxy) is 1. The monoisotopic (exact) mass is 356 g/mol. The summed E-state index contributed by atoms with van der Waals surface area (Å²) in [6, 6.07) is 10.7. The summed E-state index contributed by atoms with van der Waals surface area (Å²) in [6.07, 6.45) is 6.12. The molecule has 0 aliphatic carbocycles. The summed E-state index contributed by atoms with van der Waals surface area (Å²) in [5.41, 5.74) is 2.32. The van der Waals surface area contributed by atoms with Crippen LogP contribution in [-0.2, 0) is 22.5 Å². The van der Waals surface area contributed by atoms with Gasteiger partial charge in [0.15, 0.2) is 0 Å². The fourth-order valence-electron chi connectivity index (χ4n) is 3.58. The highest BCUT2D eigenvalue weighted by Gasteiger charge is 2.32. The zero-order valence-electron chi connectivity index (χ0n) is 15.5. The average Bonchev–Trinajstić information content (AvgIpc) is 3.13. The van der Waals surface area contributed by atoms with Gasteiger partial charge in [0.25, 0.3) is 0 Å². The van der Waals surface area contributed by atoms with Crippen LogP contribution >= 0.6 is 0 Å². The molecule has 0 unspecified atom stereocenters. The lowest BCUT2D eigenvalue weighted by Gasteiger charge is -2.35. The van der Waals surface area contributed by atoms with E-state index in [2.05, 4.69) is 46.9 Å². The number of aromatic nitrogens is 2. The molecule has 6 nitrogen and oxygen atoms in total. The molecule has 0 saturated carbocycles. The molecule has 3 rings (SSSR count). The van der Waals surface area contributed by atoms with E-state index in [1.54, 1.807) is 7.11 Å². The number of nitrogens with zero attached hydrogens (tertiary/aromatic N) is 2. The maximum atomic E-state index is 12.0. The smallest absolute Gasteiger partial charge is 0.220 e. The predicted octanol–water partition coefficient (Wildman–Crippen LogP) is 2.07. The van der Waals surface area contributed by atoms with Crippen molar-refractivity contribution in [1.29, 1.82) is 0 Å². The highest BCUT2D eigenvalue weighted by molar-refractivity contribution is 5.77. The number of rotatable bonds is 8. The number of hydrogen-bond acceptors (Lipinski definition) is 4. The summed E-state index contributed by atoms with van der Waals surface area (Å²) in [4.78, 5) is 12.0. The Labute approximate surface area is 154 Å². The van der Waals surface area contributed by atoms with Gasteiger partial charge in [-0.15, -0.1) is 0 Å². The third-order valence-electron chi connectivity index (χ3n) is 4.88. The molecule has 1 amide bonds. The SMILES string of the molecule is CCn1cc([C@@H]2NC(=O)CC[C@H]2N[C@@H](COC)Cc2ccccc2)cn1. The van der Waals surface area contributed by atoms with Crippen LogP contribution in [0, 0.1) is 0 Å². The maximum absolute atomic E-state index is 12.0. The van der Waals surface area contributed by atoms with Crippen LogP contribution in [0.25, 0.3) is 0 Å². The Kier molecular flexibility index (Phi) is 6.41. The number of methoxy groups -OCH3 is 1. The molecule has 1 aromatic carbocycles. The molecule has 6 heteroatoms. The zero-order chi connectivity index (χ0) is 18.4. The minimum Gasteiger partial charge on any atom is -0.383 e. The van der Waals surface area contributed by atoms with E-state index in [4.69, 9.17) is 4.74 Å². The molecule has 3 atom stereocenters. The Bertz CT molecular complexity index is 701. The summed E-state index contributed by atoms with van der Waals surface area (Å²) in [5, 5.41) is 11.2. The van der Waals surface area contributed by atoms with Crippen molar-refractivity contribution in [2.24, 2.45) is 0 Å². The van der Waals surface area contributed by atoms with Crippen molar-refractivity contribution in [2.75, 3.05) is 13.7 Å². The van der Waals surface area contributed by atoms with Gasteiger partial charge >= 0.3 is 0 Å². The van der Waals surface area contributed by atoms with E-state index in [-0.39, 0.29) is 24.0 Å². The fourth-order valence-corrected chi connectivity index (χ4v) is 3.58. The number of amides is 1. The lowest BCUT2D eigenvalue weighted by Crippen LogP contribution is -2.52. The molecule has 0 bridgehead atoms. The van der Waals surface area contributed by atoms with Crippen molar-refractivity contribution in [1.82, 2.24) is 20.4 Å². The highest BCUT2D eigenvalue weighted by atomic mass is 16.5. The predicted molar refractivity (Wildman–Crippen MR) is 101 cm³/mol. The minimum absolute atomic E-state index is 0.0633. The van der Waals surface area contributed by atoms with Crippen molar-refractivity contribution in [3.8, 4) is 0 Å². The van der Waals surface area contributed by atoms with Gasteiger partial charge in [0, 0.05) is 43.9 Å². The van der Waals surface area contributed by atoms with Crippen LogP contribution < -0.4 is 10.6 Å². The minimum atomic E-state index is -0.0633. The lowest BCUT2D eigenvalue weighted by molar-refractivity contribution is -0.124. The van der Waals surface area contributed by atoms with Crippen molar-refractivity contribution < 1.29 is 9.53 Å². The van der Waals surface area contributed by atoms with Gasteiger partial charge in [-0.25, -0.2) is 0 Å². The normalized spacial score (nSPS) is 21.4. The molecular formula is C20H28N4O2. The van der Waals surface area contributed by atoms with Gasteiger partial charge in [-0.2, -0.15) is 5.10 Å². The van der Waals surface area contributed by atoms with Gasteiger partial charge in [-0.3, -0.25) is 9.48 Å². The zero-order valence-corrected chi connectivity index (χ0v) is 15.5. The Morgan fingerprint density at radius 3 is 2.88 bits per heavy atom. The standard InChI is InChI=1S/C20H28N4O2/c1-3-24-13-16(12-21-24)20-18(9-10-19(25)23-20)22-17(14-26-2)11-15-7-5-4-6-8-15/h4-8,12-13,17-18,20,22H,3,9-11,14H2,1-2H3,(H,23,25)/t17-,18-,20+/m1/s1. The molecule has 1 aliphatic heterocycles. The first kappa shape index (κ1) is 18.6. The molecule has 1 saturated heterocycles. The number of hydrogen-bond donors (Lipinski definition) is 2. The number of carbonyl (C=O) groups is 1. The number of benzene rings is 1. The fraction of sp³-hybridized carbons (Fsp3) is 0.500. The molecule has 1 aromatic heterocycles. The van der Waals surface area contributed by atoms with Crippen LogP contribution in [0.1, 0.15) is 36.9 Å². The number of carbonyl (C=O) groups excluding carboxylic acids is 1. The number of piperidine rings is 1. The van der Waals surface area contributed by atoms with Gasteiger partial charge in [-0.1, -0.05) is 30.3 Å². The van der Waals surface area contributed by atoms with E-state index in [1.165, 1.54) is 5.56 Å². The summed E-state index contributed by atoms with van der Waals surface area (Å²) in [7, 11) is 1.73. The van der Waals surface area contributed by atoms with E-state index in [0.29, 0.717) is 13.0 Å². The molecule has 26 heavy (non-hydrogen) atoms. The summed E-state index contributed by atoms with van der Waals surface area (Å²) >= 11 is 0. The van der Waals surface area contributed by atoms with E-state index in [1.807, 2.05) is 23.1 Å².